The van der Waals surface area contributed by atoms with Crippen LogP contribution < -0.4 is 0 Å². The lowest BCUT2D eigenvalue weighted by Crippen LogP contribution is -2.11. The Labute approximate surface area is 134 Å². The summed E-state index contributed by atoms with van der Waals surface area (Å²) in [5, 5.41) is 0. The topological polar surface area (TPSA) is 0 Å². The fourth-order valence-corrected chi connectivity index (χ4v) is 3.37. The predicted octanol–water partition coefficient (Wildman–Crippen LogP) is 6.39. The van der Waals surface area contributed by atoms with Crippen LogP contribution in [0.3, 0.4) is 0 Å². The van der Waals surface area contributed by atoms with Crippen molar-refractivity contribution >= 4 is 0 Å². The van der Waals surface area contributed by atoms with Gasteiger partial charge in [0.05, 0.1) is 6.33 Å². The van der Waals surface area contributed by atoms with Gasteiger partial charge in [-0.1, -0.05) is 36.4 Å². The molecule has 0 spiro atoms. The zero-order valence-electron chi connectivity index (χ0n) is 12.8. The van der Waals surface area contributed by atoms with E-state index in [2.05, 4.69) is 12.1 Å². The smallest absolute Gasteiger partial charge is 0.159 e. The van der Waals surface area contributed by atoms with Crippen molar-refractivity contribution in [3.63, 3.8) is 0 Å². The molecule has 2 aromatic rings. The summed E-state index contributed by atoms with van der Waals surface area (Å²) in [4.78, 5) is 0. The second-order valence-corrected chi connectivity index (χ2v) is 6.18. The van der Waals surface area contributed by atoms with Crippen molar-refractivity contribution in [3.8, 4) is 11.1 Å². The monoisotopic (exact) mass is 316 g/mol. The summed E-state index contributed by atoms with van der Waals surface area (Å²) in [6, 6.07) is 12.0. The maximum atomic E-state index is 13.3. The van der Waals surface area contributed by atoms with Crippen LogP contribution in [0.1, 0.15) is 37.2 Å². The summed E-state index contributed by atoms with van der Waals surface area (Å²) in [7, 11) is 0. The molecule has 1 saturated carbocycles. The van der Waals surface area contributed by atoms with E-state index in [9.17, 15) is 13.2 Å². The summed E-state index contributed by atoms with van der Waals surface area (Å²) in [5.74, 6) is -0.800. The van der Waals surface area contributed by atoms with E-state index in [0.29, 0.717) is 23.7 Å². The first kappa shape index (κ1) is 15.9. The Morgan fingerprint density at radius 3 is 2.04 bits per heavy atom. The highest BCUT2D eigenvalue weighted by atomic mass is 19.2. The SMILES string of the molecule is FC=C[C@H]1CC[C@H](c2ccc(-c3ccc(F)c(F)c3)cc2)CC1. The van der Waals surface area contributed by atoms with Crippen LogP contribution >= 0.6 is 0 Å². The van der Waals surface area contributed by atoms with Crippen LogP contribution in [0.5, 0.6) is 0 Å². The summed E-state index contributed by atoms with van der Waals surface area (Å²) >= 11 is 0. The van der Waals surface area contributed by atoms with E-state index in [1.807, 2.05) is 12.1 Å². The minimum absolute atomic E-state index is 0.359. The molecule has 0 unspecified atom stereocenters. The molecule has 0 N–H and O–H groups in total. The molecule has 0 heterocycles. The maximum absolute atomic E-state index is 13.3. The van der Waals surface area contributed by atoms with Gasteiger partial charge < -0.3 is 0 Å². The Morgan fingerprint density at radius 1 is 0.783 bits per heavy atom. The van der Waals surface area contributed by atoms with E-state index in [0.717, 1.165) is 37.3 Å². The van der Waals surface area contributed by atoms with Crippen molar-refractivity contribution < 1.29 is 13.2 Å². The van der Waals surface area contributed by atoms with Gasteiger partial charge in [-0.15, -0.1) is 0 Å². The second-order valence-electron chi connectivity index (χ2n) is 6.18. The van der Waals surface area contributed by atoms with Gasteiger partial charge in [0, 0.05) is 0 Å². The van der Waals surface area contributed by atoms with Gasteiger partial charge in [-0.05, 0) is 66.3 Å². The lowest BCUT2D eigenvalue weighted by atomic mass is 9.78. The number of hydrogen-bond acceptors (Lipinski definition) is 0. The summed E-state index contributed by atoms with van der Waals surface area (Å²) in [5.41, 5.74) is 2.81. The molecule has 0 nitrogen and oxygen atoms in total. The molecule has 0 aromatic heterocycles. The molecule has 0 aliphatic heterocycles. The van der Waals surface area contributed by atoms with Crippen molar-refractivity contribution in [3.05, 3.63) is 72.1 Å². The second kappa shape index (κ2) is 7.03. The standard InChI is InChI=1S/C20H19F3/c21-12-11-14-1-3-15(4-2-14)16-5-7-17(8-6-16)18-9-10-19(22)20(23)13-18/h5-15H,1-4H2/t14-,15-. The zero-order valence-corrected chi connectivity index (χ0v) is 12.8. The van der Waals surface area contributed by atoms with E-state index in [4.69, 9.17) is 0 Å². The quantitative estimate of drug-likeness (QED) is 0.615. The number of allylic oxidation sites excluding steroid dienone is 1. The molecule has 120 valence electrons. The maximum Gasteiger partial charge on any atom is 0.159 e. The van der Waals surface area contributed by atoms with Crippen molar-refractivity contribution in [1.29, 1.82) is 0 Å². The fourth-order valence-electron chi connectivity index (χ4n) is 3.37. The van der Waals surface area contributed by atoms with Gasteiger partial charge in [0.15, 0.2) is 11.6 Å². The van der Waals surface area contributed by atoms with E-state index in [-0.39, 0.29) is 0 Å². The van der Waals surface area contributed by atoms with Crippen LogP contribution in [0.2, 0.25) is 0 Å². The third-order valence-electron chi connectivity index (χ3n) is 4.75. The lowest BCUT2D eigenvalue weighted by Gasteiger charge is -2.27. The Balaban J connectivity index is 1.71. The predicted molar refractivity (Wildman–Crippen MR) is 86.7 cm³/mol. The molecule has 2 aromatic carbocycles. The number of rotatable bonds is 3. The molecule has 3 heteroatoms. The van der Waals surface area contributed by atoms with Crippen molar-refractivity contribution in [2.24, 2.45) is 5.92 Å². The van der Waals surface area contributed by atoms with Gasteiger partial charge in [0.2, 0.25) is 0 Å². The molecule has 0 amide bonds. The molecule has 0 saturated heterocycles. The highest BCUT2D eigenvalue weighted by Gasteiger charge is 2.20. The molecule has 1 fully saturated rings. The summed E-state index contributed by atoms with van der Waals surface area (Å²) < 4.78 is 38.6. The van der Waals surface area contributed by atoms with Gasteiger partial charge in [-0.3, -0.25) is 0 Å². The first-order valence-corrected chi connectivity index (χ1v) is 7.99. The van der Waals surface area contributed by atoms with E-state index >= 15 is 0 Å². The van der Waals surface area contributed by atoms with Gasteiger partial charge in [-0.2, -0.15) is 0 Å². The third-order valence-corrected chi connectivity index (χ3v) is 4.75. The third kappa shape index (κ3) is 3.66. The first-order valence-electron chi connectivity index (χ1n) is 7.99. The van der Waals surface area contributed by atoms with Crippen LogP contribution in [-0.2, 0) is 0 Å². The summed E-state index contributed by atoms with van der Waals surface area (Å²) in [6.07, 6.45) is 6.44. The highest BCUT2D eigenvalue weighted by molar-refractivity contribution is 5.63. The fraction of sp³-hybridized carbons (Fsp3) is 0.300. The Kier molecular flexibility index (Phi) is 4.85. The van der Waals surface area contributed by atoms with Crippen molar-refractivity contribution in [2.45, 2.75) is 31.6 Å². The molecule has 0 atom stereocenters. The number of benzene rings is 2. The van der Waals surface area contributed by atoms with Crippen LogP contribution in [0.15, 0.2) is 54.9 Å². The van der Waals surface area contributed by atoms with Crippen LogP contribution in [0, 0.1) is 17.6 Å². The first-order chi connectivity index (χ1) is 11.2. The Hall–Kier alpha value is -2.03. The van der Waals surface area contributed by atoms with Gasteiger partial charge in [0.25, 0.3) is 0 Å². The van der Waals surface area contributed by atoms with Gasteiger partial charge in [-0.25, -0.2) is 13.2 Å². The average molecular weight is 316 g/mol. The van der Waals surface area contributed by atoms with Gasteiger partial charge in [0.1, 0.15) is 0 Å². The Morgan fingerprint density at radius 2 is 1.43 bits per heavy atom. The van der Waals surface area contributed by atoms with Crippen LogP contribution in [0.4, 0.5) is 13.2 Å². The molecule has 0 bridgehead atoms. The lowest BCUT2D eigenvalue weighted by molar-refractivity contribution is 0.373. The normalized spacial score (nSPS) is 21.7. The molecular formula is C20H19F3. The van der Waals surface area contributed by atoms with E-state index in [1.54, 1.807) is 12.1 Å². The van der Waals surface area contributed by atoms with E-state index < -0.39 is 11.6 Å². The highest BCUT2D eigenvalue weighted by Crippen LogP contribution is 2.37. The van der Waals surface area contributed by atoms with Crippen molar-refractivity contribution in [2.75, 3.05) is 0 Å². The molecule has 1 aliphatic carbocycles. The van der Waals surface area contributed by atoms with Crippen LogP contribution in [0.25, 0.3) is 11.1 Å². The largest absolute Gasteiger partial charge is 0.216 e. The average Bonchev–Trinajstić information content (AvgIpc) is 2.59. The molecular weight excluding hydrogens is 297 g/mol. The number of halogens is 3. The van der Waals surface area contributed by atoms with Crippen LogP contribution in [-0.4, -0.2) is 0 Å². The van der Waals surface area contributed by atoms with Crippen molar-refractivity contribution in [1.82, 2.24) is 0 Å². The number of hydrogen-bond donors (Lipinski definition) is 0. The van der Waals surface area contributed by atoms with E-state index in [1.165, 1.54) is 11.6 Å². The molecule has 0 radical (unpaired) electrons. The molecule has 3 rings (SSSR count). The molecule has 1 aliphatic rings. The zero-order chi connectivity index (χ0) is 16.2. The van der Waals surface area contributed by atoms with Gasteiger partial charge >= 0.3 is 0 Å². The summed E-state index contributed by atoms with van der Waals surface area (Å²) in [6.45, 7) is 0. The Bertz CT molecular complexity index is 681. The molecule has 23 heavy (non-hydrogen) atoms. The minimum Gasteiger partial charge on any atom is -0.216 e. The minimum atomic E-state index is -0.829.